The Morgan fingerprint density at radius 2 is 1.84 bits per heavy atom. The van der Waals surface area contributed by atoms with E-state index < -0.39 is 0 Å². The van der Waals surface area contributed by atoms with Gasteiger partial charge in [0.05, 0.1) is 25.4 Å². The topological polar surface area (TPSA) is 140 Å². The lowest BCUT2D eigenvalue weighted by molar-refractivity contribution is -0.114. The molecular formula is C43H61N3O5. The van der Waals surface area contributed by atoms with Gasteiger partial charge in [-0.1, -0.05) is 56.1 Å². The van der Waals surface area contributed by atoms with Crippen LogP contribution in [0.1, 0.15) is 132 Å². The van der Waals surface area contributed by atoms with Crippen LogP contribution in [-0.4, -0.2) is 54.4 Å². The lowest BCUT2D eigenvalue weighted by atomic mass is 9.58. The fourth-order valence-corrected chi connectivity index (χ4v) is 10.0. The van der Waals surface area contributed by atoms with Crippen LogP contribution in [0.3, 0.4) is 0 Å². The molecule has 1 aromatic carbocycles. The minimum Gasteiger partial charge on any atom is -0.504 e. The Bertz CT molecular complexity index is 1540. The van der Waals surface area contributed by atoms with Crippen LogP contribution in [0.15, 0.2) is 34.4 Å². The van der Waals surface area contributed by atoms with Gasteiger partial charge in [0.15, 0.2) is 23.2 Å². The van der Waals surface area contributed by atoms with Crippen LogP contribution in [0.5, 0.6) is 11.5 Å². The van der Waals surface area contributed by atoms with E-state index in [1.165, 1.54) is 31.3 Å². The highest BCUT2D eigenvalue weighted by atomic mass is 16.5. The number of guanidine groups is 1. The number of methoxy groups -OCH3 is 1. The van der Waals surface area contributed by atoms with Gasteiger partial charge in [-0.2, -0.15) is 0 Å². The molecule has 5 aliphatic carbocycles. The van der Waals surface area contributed by atoms with Crippen molar-refractivity contribution in [2.24, 2.45) is 46.0 Å². The summed E-state index contributed by atoms with van der Waals surface area (Å²) in [5.41, 5.74) is 16.7. The molecule has 8 heteroatoms. The second-order valence-electron chi connectivity index (χ2n) is 16.3. The van der Waals surface area contributed by atoms with Gasteiger partial charge in [0.1, 0.15) is 0 Å². The summed E-state index contributed by atoms with van der Waals surface area (Å²) in [5.74, 6) is 9.39. The number of aryl methyl sites for hydroxylation is 1. The molecule has 278 valence electrons. The number of nitrogens with two attached hydrogens (primary N) is 2. The third kappa shape index (κ3) is 9.21. The number of nitrogens with zero attached hydrogens (tertiary/aromatic N) is 1. The maximum absolute atomic E-state index is 13.5. The van der Waals surface area contributed by atoms with E-state index in [0.29, 0.717) is 37.0 Å². The minimum absolute atomic E-state index is 0.00696. The van der Waals surface area contributed by atoms with Gasteiger partial charge in [-0.3, -0.25) is 4.79 Å². The summed E-state index contributed by atoms with van der Waals surface area (Å²) in [4.78, 5) is 18.1. The van der Waals surface area contributed by atoms with Crippen LogP contribution in [0.25, 0.3) is 0 Å². The van der Waals surface area contributed by atoms with Gasteiger partial charge < -0.3 is 31.2 Å². The summed E-state index contributed by atoms with van der Waals surface area (Å²) in [6.07, 6.45) is 20.5. The number of benzene rings is 1. The van der Waals surface area contributed by atoms with Crippen molar-refractivity contribution in [2.45, 2.75) is 134 Å². The average molecular weight is 700 g/mol. The molecule has 6 atom stereocenters. The molecule has 0 saturated heterocycles. The van der Waals surface area contributed by atoms with E-state index in [4.69, 9.17) is 20.9 Å². The number of carbonyl (C=O) groups is 1. The quantitative estimate of drug-likeness (QED) is 0.0560. The predicted octanol–water partition coefficient (Wildman–Crippen LogP) is 7.23. The number of aliphatic hydroxyl groups excluding tert-OH is 1. The number of ketones is 1. The molecule has 0 aliphatic heterocycles. The monoisotopic (exact) mass is 699 g/mol. The Kier molecular flexibility index (Phi) is 12.9. The maximum atomic E-state index is 13.5. The maximum Gasteiger partial charge on any atom is 0.186 e. The Hall–Kier alpha value is -3.28. The van der Waals surface area contributed by atoms with Crippen molar-refractivity contribution in [1.82, 2.24) is 0 Å². The Morgan fingerprint density at radius 3 is 2.57 bits per heavy atom. The van der Waals surface area contributed by atoms with E-state index in [9.17, 15) is 15.0 Å². The van der Waals surface area contributed by atoms with E-state index in [1.807, 2.05) is 6.07 Å². The first-order valence-corrected chi connectivity index (χ1v) is 19.9. The van der Waals surface area contributed by atoms with Gasteiger partial charge in [-0.25, -0.2) is 4.99 Å². The predicted molar refractivity (Wildman–Crippen MR) is 203 cm³/mol. The van der Waals surface area contributed by atoms with Crippen molar-refractivity contribution >= 4 is 11.7 Å². The standard InChI is InChI=1S/C43H61N3O5/c1-27-14-17-30-22-32-23-33(46-43(44)45)10-7-13-36-31(18-19-34(48)21-29(25-47)16-15-28-8-3-4-9-28)24-39(51-35-11-5-6-12-35)42(49)41(36)40(37(30)20-27)38(32)26-50-2/h21-22,24,27-28,32-33,35,37-38,40,47,49H,3-6,8-12,14-20,23,25-26H2,1-2H3,(H4,44,45,46)/b29-21-/t27-,32+,33-,37+,38+,40-/m0/s1. The molecule has 1 aromatic rings. The van der Waals surface area contributed by atoms with E-state index in [1.54, 1.807) is 13.2 Å². The number of ether oxygens (including phenoxy) is 2. The molecule has 0 unspecified atom stereocenters. The zero-order valence-electron chi connectivity index (χ0n) is 31.0. The second kappa shape index (κ2) is 17.5. The van der Waals surface area contributed by atoms with E-state index >= 15 is 0 Å². The fraction of sp³-hybridized carbons (Fsp3) is 0.674. The number of aromatic hydroxyl groups is 1. The average Bonchev–Trinajstić information content (AvgIpc) is 3.82. The van der Waals surface area contributed by atoms with E-state index in [-0.39, 0.29) is 66.3 Å². The SMILES string of the molecule is COC[C@H]1[C@H]2c3c(O)c(OC4CCCC4)cc(CCC(=O)/C=C(\CO)CCC4CCCC4)c3C#CC[C@H](N=C(N)N)C[C@H]1C=C1CC[C@H](C)C[C@H]12. The molecular weight excluding hydrogens is 638 g/mol. The van der Waals surface area contributed by atoms with Crippen molar-refractivity contribution in [3.8, 4) is 23.3 Å². The van der Waals surface area contributed by atoms with Crippen LogP contribution in [0, 0.1) is 41.4 Å². The lowest BCUT2D eigenvalue weighted by Gasteiger charge is -2.47. The number of phenols is 1. The number of carbonyl (C=O) groups excluding carboxylic acids is 1. The highest BCUT2D eigenvalue weighted by Crippen LogP contribution is 2.56. The highest BCUT2D eigenvalue weighted by molar-refractivity contribution is 5.90. The van der Waals surface area contributed by atoms with Crippen LogP contribution in [-0.2, 0) is 16.0 Å². The first-order chi connectivity index (χ1) is 24.7. The first-order valence-electron chi connectivity index (χ1n) is 19.9. The van der Waals surface area contributed by atoms with E-state index in [2.05, 4.69) is 29.8 Å². The largest absolute Gasteiger partial charge is 0.504 e. The van der Waals surface area contributed by atoms with Gasteiger partial charge in [0, 0.05) is 37.0 Å². The lowest BCUT2D eigenvalue weighted by Crippen LogP contribution is -2.39. The van der Waals surface area contributed by atoms with Crippen LogP contribution < -0.4 is 16.2 Å². The number of aliphatic hydroxyl groups is 1. The first kappa shape index (κ1) is 37.5. The van der Waals surface area contributed by atoms with Gasteiger partial charge in [0.25, 0.3) is 0 Å². The Labute approximate surface area is 305 Å². The Balaban J connectivity index is 1.43. The van der Waals surface area contributed by atoms with Crippen molar-refractivity contribution in [3.05, 3.63) is 46.1 Å². The van der Waals surface area contributed by atoms with Gasteiger partial charge >= 0.3 is 0 Å². The molecule has 51 heavy (non-hydrogen) atoms. The summed E-state index contributed by atoms with van der Waals surface area (Å²) in [6.45, 7) is 2.78. The molecule has 8 nitrogen and oxygen atoms in total. The third-order valence-corrected chi connectivity index (χ3v) is 12.6. The van der Waals surface area contributed by atoms with Crippen molar-refractivity contribution in [1.29, 1.82) is 0 Å². The zero-order valence-corrected chi connectivity index (χ0v) is 31.0. The molecule has 6 N–H and O–H groups in total. The normalized spacial score (nSPS) is 28.2. The molecule has 2 bridgehead atoms. The summed E-state index contributed by atoms with van der Waals surface area (Å²) in [7, 11) is 1.76. The number of phenolic OH excluding ortho intramolecular Hbond substituents is 1. The smallest absolute Gasteiger partial charge is 0.186 e. The summed E-state index contributed by atoms with van der Waals surface area (Å²) < 4.78 is 12.6. The van der Waals surface area contributed by atoms with Crippen LogP contribution in [0.4, 0.5) is 0 Å². The third-order valence-electron chi connectivity index (χ3n) is 12.6. The molecule has 0 spiro atoms. The number of aliphatic imine (C=N–C) groups is 1. The number of allylic oxidation sites excluding steroid dienone is 3. The second-order valence-corrected chi connectivity index (χ2v) is 16.3. The molecule has 3 saturated carbocycles. The van der Waals surface area contributed by atoms with Crippen LogP contribution >= 0.6 is 0 Å². The molecule has 0 amide bonds. The summed E-state index contributed by atoms with van der Waals surface area (Å²) in [6, 6.07) is 1.79. The summed E-state index contributed by atoms with van der Waals surface area (Å²) >= 11 is 0. The highest BCUT2D eigenvalue weighted by Gasteiger charge is 2.46. The van der Waals surface area contributed by atoms with Gasteiger partial charge in [0.2, 0.25) is 0 Å². The van der Waals surface area contributed by atoms with E-state index in [0.717, 1.165) is 86.5 Å². The van der Waals surface area contributed by atoms with Gasteiger partial charge in [-0.05, 0) is 123 Å². The molecule has 3 fully saturated rings. The zero-order chi connectivity index (χ0) is 35.9. The molecule has 0 aromatic heterocycles. The molecule has 6 rings (SSSR count). The number of rotatable bonds is 13. The number of fused-ring (bicyclic) bond motifs is 6. The molecule has 0 radical (unpaired) electrons. The van der Waals surface area contributed by atoms with Crippen molar-refractivity contribution in [3.63, 3.8) is 0 Å². The summed E-state index contributed by atoms with van der Waals surface area (Å²) in [5, 5.41) is 22.5. The fourth-order valence-electron chi connectivity index (χ4n) is 10.0. The molecule has 0 heterocycles. The minimum atomic E-state index is -0.167. The Morgan fingerprint density at radius 1 is 1.08 bits per heavy atom. The van der Waals surface area contributed by atoms with Gasteiger partial charge in [-0.15, -0.1) is 0 Å². The molecule has 5 aliphatic rings. The van der Waals surface area contributed by atoms with Crippen molar-refractivity contribution < 1.29 is 24.5 Å². The number of hydrogen-bond donors (Lipinski definition) is 4. The van der Waals surface area contributed by atoms with Crippen LogP contribution in [0.2, 0.25) is 0 Å². The number of hydrogen-bond acceptors (Lipinski definition) is 6. The van der Waals surface area contributed by atoms with Crippen molar-refractivity contribution in [2.75, 3.05) is 20.3 Å².